The smallest absolute Gasteiger partial charge is 0.249 e. The molecule has 0 spiro atoms. The maximum atomic E-state index is 13.1. The molecule has 0 radical (unpaired) electrons. The molecule has 2 atom stereocenters. The first-order valence-electron chi connectivity index (χ1n) is 9.79. The Bertz CT molecular complexity index is 1040. The lowest BCUT2D eigenvalue weighted by molar-refractivity contribution is -0.127. The van der Waals surface area contributed by atoms with Gasteiger partial charge in [-0.2, -0.15) is 0 Å². The molecule has 1 aromatic heterocycles. The van der Waals surface area contributed by atoms with E-state index in [-0.39, 0.29) is 35.0 Å². The lowest BCUT2D eigenvalue weighted by Crippen LogP contribution is -2.48. The van der Waals surface area contributed by atoms with Gasteiger partial charge in [0.05, 0.1) is 6.42 Å². The molecule has 0 aliphatic carbocycles. The SMILES string of the molecule is CCC(C)C(NC(=O)Cc1ccc(F)cc1)C(=O)Nc1nnc(-c2ccc(F)cc2)s1. The number of hydrogen-bond acceptors (Lipinski definition) is 5. The number of halogens is 2. The molecule has 0 saturated heterocycles. The summed E-state index contributed by atoms with van der Waals surface area (Å²) in [6.45, 7) is 3.79. The second kappa shape index (κ2) is 10.2. The highest BCUT2D eigenvalue weighted by Gasteiger charge is 2.27. The maximum Gasteiger partial charge on any atom is 0.249 e. The van der Waals surface area contributed by atoms with Crippen molar-refractivity contribution in [3.05, 3.63) is 65.7 Å². The number of amides is 2. The molecular weight excluding hydrogens is 422 g/mol. The molecule has 1 heterocycles. The lowest BCUT2D eigenvalue weighted by Gasteiger charge is -2.23. The van der Waals surface area contributed by atoms with E-state index in [1.54, 1.807) is 12.1 Å². The highest BCUT2D eigenvalue weighted by Crippen LogP contribution is 2.26. The van der Waals surface area contributed by atoms with Gasteiger partial charge in [0.1, 0.15) is 22.7 Å². The minimum Gasteiger partial charge on any atom is -0.344 e. The monoisotopic (exact) mass is 444 g/mol. The first-order chi connectivity index (χ1) is 14.9. The molecule has 6 nitrogen and oxygen atoms in total. The Hall–Kier alpha value is -3.20. The molecule has 162 valence electrons. The highest BCUT2D eigenvalue weighted by atomic mass is 32.1. The zero-order chi connectivity index (χ0) is 22.4. The number of carbonyl (C=O) groups is 2. The van der Waals surface area contributed by atoms with Gasteiger partial charge in [-0.1, -0.05) is 43.7 Å². The van der Waals surface area contributed by atoms with Crippen molar-refractivity contribution in [1.82, 2.24) is 15.5 Å². The first kappa shape index (κ1) is 22.5. The van der Waals surface area contributed by atoms with Crippen LogP contribution in [0.3, 0.4) is 0 Å². The van der Waals surface area contributed by atoms with E-state index in [1.807, 2.05) is 13.8 Å². The minimum absolute atomic E-state index is 0.0357. The summed E-state index contributed by atoms with van der Waals surface area (Å²) in [5.74, 6) is -1.59. The fraction of sp³-hybridized carbons (Fsp3) is 0.273. The normalized spacial score (nSPS) is 12.8. The average Bonchev–Trinajstić information content (AvgIpc) is 3.22. The van der Waals surface area contributed by atoms with Crippen LogP contribution < -0.4 is 10.6 Å². The predicted octanol–water partition coefficient (Wildman–Crippen LogP) is 4.20. The largest absolute Gasteiger partial charge is 0.344 e. The van der Waals surface area contributed by atoms with E-state index in [0.717, 1.165) is 11.3 Å². The van der Waals surface area contributed by atoms with Gasteiger partial charge >= 0.3 is 0 Å². The van der Waals surface area contributed by atoms with Gasteiger partial charge in [-0.05, 0) is 47.9 Å². The Morgan fingerprint density at radius 3 is 2.23 bits per heavy atom. The number of rotatable bonds is 8. The van der Waals surface area contributed by atoms with Gasteiger partial charge in [0, 0.05) is 5.56 Å². The summed E-state index contributed by atoms with van der Waals surface area (Å²) in [5.41, 5.74) is 1.33. The fourth-order valence-electron chi connectivity index (χ4n) is 2.88. The van der Waals surface area contributed by atoms with Crippen LogP contribution >= 0.6 is 11.3 Å². The van der Waals surface area contributed by atoms with Crippen LogP contribution in [0, 0.1) is 17.6 Å². The van der Waals surface area contributed by atoms with Gasteiger partial charge in [-0.25, -0.2) is 8.78 Å². The third-order valence-corrected chi connectivity index (χ3v) is 5.72. The van der Waals surface area contributed by atoms with Crippen LogP contribution in [0.5, 0.6) is 0 Å². The second-order valence-electron chi connectivity index (χ2n) is 7.14. The molecule has 2 N–H and O–H groups in total. The van der Waals surface area contributed by atoms with E-state index in [0.29, 0.717) is 22.6 Å². The molecule has 2 aromatic carbocycles. The molecule has 31 heavy (non-hydrogen) atoms. The summed E-state index contributed by atoms with van der Waals surface area (Å²) < 4.78 is 26.1. The Morgan fingerprint density at radius 2 is 1.61 bits per heavy atom. The van der Waals surface area contributed by atoms with E-state index in [1.165, 1.54) is 36.4 Å². The third kappa shape index (κ3) is 6.14. The molecule has 0 fully saturated rings. The van der Waals surface area contributed by atoms with Crippen molar-refractivity contribution < 1.29 is 18.4 Å². The van der Waals surface area contributed by atoms with Gasteiger partial charge < -0.3 is 5.32 Å². The lowest BCUT2D eigenvalue weighted by atomic mass is 9.98. The number of carbonyl (C=O) groups excluding carboxylic acids is 2. The van der Waals surface area contributed by atoms with Crippen molar-refractivity contribution in [2.45, 2.75) is 32.7 Å². The Balaban J connectivity index is 1.66. The summed E-state index contributed by atoms with van der Waals surface area (Å²) in [7, 11) is 0. The summed E-state index contributed by atoms with van der Waals surface area (Å²) in [4.78, 5) is 25.3. The molecule has 3 aromatic rings. The van der Waals surface area contributed by atoms with Crippen molar-refractivity contribution in [1.29, 1.82) is 0 Å². The van der Waals surface area contributed by atoms with Gasteiger partial charge in [-0.15, -0.1) is 10.2 Å². The molecule has 0 bridgehead atoms. The number of benzene rings is 2. The Kier molecular flexibility index (Phi) is 7.41. The average molecular weight is 445 g/mol. The number of aromatic nitrogens is 2. The van der Waals surface area contributed by atoms with Crippen molar-refractivity contribution in [2.75, 3.05) is 5.32 Å². The predicted molar refractivity (Wildman–Crippen MR) is 115 cm³/mol. The fourth-order valence-corrected chi connectivity index (χ4v) is 3.63. The quantitative estimate of drug-likeness (QED) is 0.546. The molecule has 9 heteroatoms. The van der Waals surface area contributed by atoms with Gasteiger partial charge in [0.2, 0.25) is 16.9 Å². The molecule has 0 aliphatic rings. The molecule has 2 unspecified atom stereocenters. The van der Waals surface area contributed by atoms with Crippen LogP contribution in [0.2, 0.25) is 0 Å². The standard InChI is InChI=1S/C22H22F2N4O2S/c1-3-13(2)19(25-18(29)12-14-4-8-16(23)9-5-14)20(30)26-22-28-27-21(31-22)15-6-10-17(24)11-7-15/h4-11,13,19H,3,12H2,1-2H3,(H,25,29)(H,26,28,30). The number of nitrogens with one attached hydrogen (secondary N) is 2. The van der Waals surface area contributed by atoms with Crippen LogP contribution in [-0.2, 0) is 16.0 Å². The van der Waals surface area contributed by atoms with Gasteiger partial charge in [0.15, 0.2) is 0 Å². The van der Waals surface area contributed by atoms with E-state index < -0.39 is 11.9 Å². The van der Waals surface area contributed by atoms with E-state index in [2.05, 4.69) is 20.8 Å². The zero-order valence-electron chi connectivity index (χ0n) is 17.1. The molecule has 0 aliphatic heterocycles. The molecular formula is C22H22F2N4O2S. The second-order valence-corrected chi connectivity index (χ2v) is 8.12. The van der Waals surface area contributed by atoms with Crippen LogP contribution in [0.25, 0.3) is 10.6 Å². The van der Waals surface area contributed by atoms with E-state index in [9.17, 15) is 18.4 Å². The first-order valence-corrected chi connectivity index (χ1v) is 10.6. The van der Waals surface area contributed by atoms with E-state index >= 15 is 0 Å². The van der Waals surface area contributed by atoms with Gasteiger partial charge in [-0.3, -0.25) is 14.9 Å². The summed E-state index contributed by atoms with van der Waals surface area (Å²) in [5, 5.41) is 14.3. The van der Waals surface area contributed by atoms with Crippen molar-refractivity contribution in [3.63, 3.8) is 0 Å². The molecule has 3 rings (SSSR count). The Labute approximate surface area is 182 Å². The topological polar surface area (TPSA) is 84.0 Å². The van der Waals surface area contributed by atoms with Gasteiger partial charge in [0.25, 0.3) is 0 Å². The summed E-state index contributed by atoms with van der Waals surface area (Å²) >= 11 is 1.15. The number of hydrogen-bond donors (Lipinski definition) is 2. The number of nitrogens with zero attached hydrogens (tertiary/aromatic N) is 2. The van der Waals surface area contributed by atoms with Crippen molar-refractivity contribution in [2.24, 2.45) is 5.92 Å². The number of anilines is 1. The third-order valence-electron chi connectivity index (χ3n) is 4.84. The van der Waals surface area contributed by atoms with Crippen molar-refractivity contribution >= 4 is 28.3 Å². The summed E-state index contributed by atoms with van der Waals surface area (Å²) in [6, 6.07) is 10.7. The van der Waals surface area contributed by atoms with Crippen molar-refractivity contribution in [3.8, 4) is 10.6 Å². The Morgan fingerprint density at radius 1 is 1.00 bits per heavy atom. The summed E-state index contributed by atoms with van der Waals surface area (Å²) in [6.07, 6.45) is 0.708. The molecule has 0 saturated carbocycles. The maximum absolute atomic E-state index is 13.1. The van der Waals surface area contributed by atoms with Crippen LogP contribution in [0.15, 0.2) is 48.5 Å². The van der Waals surface area contributed by atoms with E-state index in [4.69, 9.17) is 0 Å². The van der Waals surface area contributed by atoms with Crippen LogP contribution in [0.4, 0.5) is 13.9 Å². The van der Waals surface area contributed by atoms with Crippen LogP contribution in [-0.4, -0.2) is 28.1 Å². The minimum atomic E-state index is -0.767. The highest BCUT2D eigenvalue weighted by molar-refractivity contribution is 7.18. The van der Waals surface area contributed by atoms with Crippen LogP contribution in [0.1, 0.15) is 25.8 Å². The molecule has 2 amide bonds. The zero-order valence-corrected chi connectivity index (χ0v) is 17.9.